The first-order valence-corrected chi connectivity index (χ1v) is 6.62. The average molecular weight is 298 g/mol. The number of amides is 1. The second-order valence-corrected chi connectivity index (χ2v) is 5.20. The molecule has 1 fully saturated rings. The Morgan fingerprint density at radius 3 is 2.71 bits per heavy atom. The fourth-order valence-corrected chi connectivity index (χ4v) is 2.40. The van der Waals surface area contributed by atoms with Crippen LogP contribution in [0.4, 0.5) is 0 Å². The lowest BCUT2D eigenvalue weighted by atomic mass is 10.1. The van der Waals surface area contributed by atoms with Gasteiger partial charge in [-0.05, 0) is 18.2 Å². The van der Waals surface area contributed by atoms with Gasteiger partial charge in [0.05, 0.1) is 0 Å². The Hall–Kier alpha value is -1.03. The van der Waals surface area contributed by atoms with Crippen molar-refractivity contribution in [1.29, 1.82) is 0 Å². The average Bonchev–Trinajstić information content (AvgIpc) is 2.29. The summed E-state index contributed by atoms with van der Waals surface area (Å²) in [4.78, 5) is 13.1. The van der Waals surface area contributed by atoms with E-state index >= 15 is 0 Å². The van der Waals surface area contributed by atoms with E-state index in [0.29, 0.717) is 0 Å². The maximum Gasteiger partial charge on any atom is 0.219 e. The molecule has 2 rings (SSSR count). The van der Waals surface area contributed by atoms with Crippen molar-refractivity contribution in [2.75, 3.05) is 13.1 Å². The van der Waals surface area contributed by atoms with Crippen LogP contribution in [0.2, 0.25) is 0 Å². The molecule has 0 bridgehead atoms. The van der Waals surface area contributed by atoms with Gasteiger partial charge >= 0.3 is 0 Å². The van der Waals surface area contributed by atoms with Gasteiger partial charge in [0.1, 0.15) is 11.9 Å². The van der Waals surface area contributed by atoms with Crippen molar-refractivity contribution in [1.82, 2.24) is 4.90 Å². The molecule has 3 nitrogen and oxygen atoms in total. The topological polar surface area (TPSA) is 29.5 Å². The molecule has 1 aliphatic rings. The highest BCUT2D eigenvalue weighted by Crippen LogP contribution is 2.22. The van der Waals surface area contributed by atoms with Crippen LogP contribution in [0.15, 0.2) is 28.7 Å². The number of hydrogen-bond donors (Lipinski definition) is 0. The molecular formula is C13H16BrNO2. The molecule has 4 heteroatoms. The van der Waals surface area contributed by atoms with Gasteiger partial charge in [-0.1, -0.05) is 22.0 Å². The van der Waals surface area contributed by atoms with Crippen molar-refractivity contribution in [3.8, 4) is 5.75 Å². The van der Waals surface area contributed by atoms with Crippen LogP contribution in [0.3, 0.4) is 0 Å². The summed E-state index contributed by atoms with van der Waals surface area (Å²) < 4.78 is 6.92. The first-order valence-electron chi connectivity index (χ1n) is 5.83. The molecule has 1 amide bonds. The third-order valence-corrected chi connectivity index (χ3v) is 3.48. The van der Waals surface area contributed by atoms with E-state index in [0.717, 1.165) is 36.2 Å². The number of likely N-dealkylation sites (tertiary alicyclic amines) is 1. The molecule has 0 aliphatic carbocycles. The van der Waals surface area contributed by atoms with Crippen LogP contribution >= 0.6 is 15.9 Å². The Kier molecular flexibility index (Phi) is 4.05. The van der Waals surface area contributed by atoms with Gasteiger partial charge in [-0.25, -0.2) is 0 Å². The van der Waals surface area contributed by atoms with Crippen molar-refractivity contribution in [3.63, 3.8) is 0 Å². The fourth-order valence-electron chi connectivity index (χ4n) is 2.02. The Morgan fingerprint density at radius 1 is 1.41 bits per heavy atom. The fraction of sp³-hybridized carbons (Fsp3) is 0.462. The molecular weight excluding hydrogens is 282 g/mol. The predicted molar refractivity (Wildman–Crippen MR) is 70.0 cm³/mol. The molecule has 17 heavy (non-hydrogen) atoms. The number of carbonyl (C=O) groups excluding carboxylic acids is 1. The monoisotopic (exact) mass is 297 g/mol. The number of piperidine rings is 1. The normalized spacial score (nSPS) is 16.9. The molecule has 0 aromatic heterocycles. The van der Waals surface area contributed by atoms with Gasteiger partial charge in [-0.15, -0.1) is 0 Å². The molecule has 1 aromatic rings. The third kappa shape index (κ3) is 3.46. The molecule has 1 aliphatic heterocycles. The summed E-state index contributed by atoms with van der Waals surface area (Å²) in [6.45, 7) is 3.22. The van der Waals surface area contributed by atoms with Gasteiger partial charge in [0, 0.05) is 37.3 Å². The van der Waals surface area contributed by atoms with E-state index in [9.17, 15) is 4.79 Å². The second kappa shape index (κ2) is 5.54. The highest BCUT2D eigenvalue weighted by Gasteiger charge is 2.21. The zero-order valence-electron chi connectivity index (χ0n) is 9.86. The molecule has 92 valence electrons. The van der Waals surface area contributed by atoms with E-state index in [-0.39, 0.29) is 12.0 Å². The Bertz CT molecular complexity index is 400. The quantitative estimate of drug-likeness (QED) is 0.840. The molecule has 0 unspecified atom stereocenters. The summed E-state index contributed by atoms with van der Waals surface area (Å²) in [6, 6.07) is 7.87. The number of rotatable bonds is 2. The molecule has 0 saturated carbocycles. The van der Waals surface area contributed by atoms with Crippen LogP contribution in [0, 0.1) is 0 Å². The number of carbonyl (C=O) groups is 1. The minimum atomic E-state index is 0.158. The minimum Gasteiger partial charge on any atom is -0.490 e. The van der Waals surface area contributed by atoms with Gasteiger partial charge in [-0.2, -0.15) is 0 Å². The first kappa shape index (κ1) is 12.4. The molecule has 1 aromatic carbocycles. The van der Waals surface area contributed by atoms with Crippen molar-refractivity contribution in [3.05, 3.63) is 28.7 Å². The largest absolute Gasteiger partial charge is 0.490 e. The summed E-state index contributed by atoms with van der Waals surface area (Å²) in [5.41, 5.74) is 0. The number of halogens is 1. The van der Waals surface area contributed by atoms with Gasteiger partial charge in [0.25, 0.3) is 0 Å². The van der Waals surface area contributed by atoms with E-state index in [2.05, 4.69) is 15.9 Å². The zero-order valence-corrected chi connectivity index (χ0v) is 11.4. The van der Waals surface area contributed by atoms with E-state index in [1.165, 1.54) is 0 Å². The summed E-state index contributed by atoms with van der Waals surface area (Å²) in [6.07, 6.45) is 2.04. The van der Waals surface area contributed by atoms with Gasteiger partial charge in [-0.3, -0.25) is 4.79 Å². The van der Waals surface area contributed by atoms with E-state index in [4.69, 9.17) is 4.74 Å². The van der Waals surface area contributed by atoms with Crippen LogP contribution in [0.25, 0.3) is 0 Å². The molecule has 0 radical (unpaired) electrons. The van der Waals surface area contributed by atoms with E-state index in [1.807, 2.05) is 29.2 Å². The Morgan fingerprint density at radius 2 is 2.12 bits per heavy atom. The molecule has 1 saturated heterocycles. The maximum atomic E-state index is 11.2. The highest BCUT2D eigenvalue weighted by atomic mass is 79.9. The zero-order chi connectivity index (χ0) is 12.3. The van der Waals surface area contributed by atoms with Crippen LogP contribution in [-0.4, -0.2) is 30.0 Å². The number of ether oxygens (including phenoxy) is 1. The smallest absolute Gasteiger partial charge is 0.219 e. The summed E-state index contributed by atoms with van der Waals surface area (Å²) in [5, 5.41) is 0. The third-order valence-electron chi connectivity index (χ3n) is 2.99. The lowest BCUT2D eigenvalue weighted by molar-refractivity contribution is -0.130. The molecule has 0 spiro atoms. The number of nitrogens with zero attached hydrogens (tertiary/aromatic N) is 1. The van der Waals surface area contributed by atoms with Crippen LogP contribution in [0.5, 0.6) is 5.75 Å². The molecule has 0 N–H and O–H groups in total. The number of benzene rings is 1. The van der Waals surface area contributed by atoms with Crippen molar-refractivity contribution < 1.29 is 9.53 Å². The standard InChI is InChI=1S/C13H16BrNO2/c1-10(16)15-7-5-12(6-8-15)17-13-4-2-3-11(14)9-13/h2-4,9,12H,5-8H2,1H3. The summed E-state index contributed by atoms with van der Waals surface area (Å²) >= 11 is 3.42. The van der Waals surface area contributed by atoms with Gasteiger partial charge in [0.15, 0.2) is 0 Å². The SMILES string of the molecule is CC(=O)N1CCC(Oc2cccc(Br)c2)CC1. The summed E-state index contributed by atoms with van der Waals surface area (Å²) in [5.74, 6) is 1.05. The Balaban J connectivity index is 1.88. The first-order chi connectivity index (χ1) is 8.15. The summed E-state index contributed by atoms with van der Waals surface area (Å²) in [7, 11) is 0. The van der Waals surface area contributed by atoms with Gasteiger partial charge in [0.2, 0.25) is 5.91 Å². The van der Waals surface area contributed by atoms with Crippen molar-refractivity contribution in [2.45, 2.75) is 25.9 Å². The lowest BCUT2D eigenvalue weighted by Crippen LogP contribution is -2.40. The Labute approximate surface area is 110 Å². The van der Waals surface area contributed by atoms with Crippen LogP contribution in [-0.2, 0) is 4.79 Å². The highest BCUT2D eigenvalue weighted by molar-refractivity contribution is 9.10. The molecule has 1 heterocycles. The predicted octanol–water partition coefficient (Wildman–Crippen LogP) is 2.84. The lowest BCUT2D eigenvalue weighted by Gasteiger charge is -2.31. The van der Waals surface area contributed by atoms with E-state index in [1.54, 1.807) is 6.92 Å². The minimum absolute atomic E-state index is 0.158. The van der Waals surface area contributed by atoms with Gasteiger partial charge < -0.3 is 9.64 Å². The second-order valence-electron chi connectivity index (χ2n) is 4.28. The molecule has 0 atom stereocenters. The number of hydrogen-bond acceptors (Lipinski definition) is 2. The van der Waals surface area contributed by atoms with Crippen LogP contribution in [0.1, 0.15) is 19.8 Å². The maximum absolute atomic E-state index is 11.2. The van der Waals surface area contributed by atoms with Crippen molar-refractivity contribution >= 4 is 21.8 Å². The van der Waals surface area contributed by atoms with E-state index < -0.39 is 0 Å². The van der Waals surface area contributed by atoms with Crippen molar-refractivity contribution in [2.24, 2.45) is 0 Å². The van der Waals surface area contributed by atoms with Crippen LogP contribution < -0.4 is 4.74 Å².